The molecule has 1 heterocycles. The number of hydrogen-bond acceptors (Lipinski definition) is 4. The number of carbonyl (C=O) groups excluding carboxylic acids is 1. The van der Waals surface area contributed by atoms with Crippen molar-refractivity contribution in [2.24, 2.45) is 5.92 Å². The van der Waals surface area contributed by atoms with Crippen LogP contribution in [0.15, 0.2) is 54.6 Å². The number of carbonyl (C=O) groups is 1. The fourth-order valence-electron chi connectivity index (χ4n) is 2.71. The third kappa shape index (κ3) is 4.13. The van der Waals surface area contributed by atoms with Crippen molar-refractivity contribution in [3.8, 4) is 5.75 Å². The van der Waals surface area contributed by atoms with E-state index in [0.717, 1.165) is 17.0 Å². The SMILES string of the molecule is CNC1COCC1C(=O)Nc1ccc(OCc2ccccc2)cc1. The van der Waals surface area contributed by atoms with E-state index in [4.69, 9.17) is 9.47 Å². The molecule has 0 aliphatic carbocycles. The molecule has 0 spiro atoms. The van der Waals surface area contributed by atoms with Crippen molar-refractivity contribution in [3.63, 3.8) is 0 Å². The average Bonchev–Trinajstić information content (AvgIpc) is 3.11. The molecule has 0 saturated carbocycles. The van der Waals surface area contributed by atoms with E-state index in [2.05, 4.69) is 10.6 Å². The van der Waals surface area contributed by atoms with Gasteiger partial charge in [0.05, 0.1) is 19.1 Å². The predicted molar refractivity (Wildman–Crippen MR) is 93.0 cm³/mol. The first-order valence-corrected chi connectivity index (χ1v) is 8.09. The summed E-state index contributed by atoms with van der Waals surface area (Å²) in [6, 6.07) is 17.5. The normalized spacial score (nSPS) is 19.9. The van der Waals surface area contributed by atoms with E-state index in [1.54, 1.807) is 0 Å². The van der Waals surface area contributed by atoms with Gasteiger partial charge in [-0.1, -0.05) is 30.3 Å². The van der Waals surface area contributed by atoms with Crippen LogP contribution in [0.5, 0.6) is 5.75 Å². The molecule has 0 bridgehead atoms. The summed E-state index contributed by atoms with van der Waals surface area (Å²) in [5.41, 5.74) is 1.88. The summed E-state index contributed by atoms with van der Waals surface area (Å²) in [4.78, 5) is 12.3. The van der Waals surface area contributed by atoms with Crippen LogP contribution >= 0.6 is 0 Å². The van der Waals surface area contributed by atoms with Gasteiger partial charge in [0.2, 0.25) is 5.91 Å². The Kier molecular flexibility index (Phi) is 5.46. The van der Waals surface area contributed by atoms with E-state index >= 15 is 0 Å². The van der Waals surface area contributed by atoms with Crippen LogP contribution in [0.25, 0.3) is 0 Å². The van der Waals surface area contributed by atoms with E-state index in [-0.39, 0.29) is 17.9 Å². The van der Waals surface area contributed by atoms with E-state index in [1.807, 2.05) is 61.6 Å². The molecule has 2 aromatic rings. The number of amides is 1. The number of ether oxygens (including phenoxy) is 2. The van der Waals surface area contributed by atoms with Gasteiger partial charge in [-0.15, -0.1) is 0 Å². The Morgan fingerprint density at radius 1 is 1.12 bits per heavy atom. The molecule has 2 unspecified atom stereocenters. The highest BCUT2D eigenvalue weighted by atomic mass is 16.5. The zero-order valence-electron chi connectivity index (χ0n) is 13.7. The van der Waals surface area contributed by atoms with Crippen LogP contribution in [0.4, 0.5) is 5.69 Å². The summed E-state index contributed by atoms with van der Waals surface area (Å²) < 4.78 is 11.1. The molecule has 2 N–H and O–H groups in total. The molecule has 3 rings (SSSR count). The lowest BCUT2D eigenvalue weighted by molar-refractivity contribution is -0.120. The second-order valence-electron chi connectivity index (χ2n) is 5.83. The monoisotopic (exact) mass is 326 g/mol. The fourth-order valence-corrected chi connectivity index (χ4v) is 2.71. The lowest BCUT2D eigenvalue weighted by Gasteiger charge is -2.16. The van der Waals surface area contributed by atoms with Gasteiger partial charge in [0.25, 0.3) is 0 Å². The van der Waals surface area contributed by atoms with Crippen LogP contribution in [0.1, 0.15) is 5.56 Å². The third-order valence-electron chi connectivity index (χ3n) is 4.16. The summed E-state index contributed by atoms with van der Waals surface area (Å²) >= 11 is 0. The molecule has 2 aromatic carbocycles. The minimum atomic E-state index is -0.163. The molecule has 1 saturated heterocycles. The standard InChI is InChI=1S/C19H22N2O3/c1-20-18-13-23-12-17(18)19(22)21-15-7-9-16(10-8-15)24-11-14-5-3-2-4-6-14/h2-10,17-18,20H,11-13H2,1H3,(H,21,22). The van der Waals surface area contributed by atoms with E-state index in [0.29, 0.717) is 19.8 Å². The Morgan fingerprint density at radius 3 is 2.58 bits per heavy atom. The Bertz CT molecular complexity index is 658. The van der Waals surface area contributed by atoms with Gasteiger partial charge in [-0.2, -0.15) is 0 Å². The van der Waals surface area contributed by atoms with Gasteiger partial charge in [0.15, 0.2) is 0 Å². The highest BCUT2D eigenvalue weighted by molar-refractivity contribution is 5.93. The summed E-state index contributed by atoms with van der Waals surface area (Å²) in [5, 5.41) is 6.05. The van der Waals surface area contributed by atoms with Gasteiger partial charge in [-0.3, -0.25) is 4.79 Å². The molecule has 1 amide bonds. The summed E-state index contributed by atoms with van der Waals surface area (Å²) in [7, 11) is 1.85. The smallest absolute Gasteiger partial charge is 0.231 e. The Balaban J connectivity index is 1.53. The second kappa shape index (κ2) is 7.95. The third-order valence-corrected chi connectivity index (χ3v) is 4.16. The molecule has 0 aromatic heterocycles. The van der Waals surface area contributed by atoms with Gasteiger partial charge in [0.1, 0.15) is 12.4 Å². The van der Waals surface area contributed by atoms with Gasteiger partial charge < -0.3 is 20.1 Å². The first-order chi connectivity index (χ1) is 11.8. The lowest BCUT2D eigenvalue weighted by Crippen LogP contribution is -2.39. The largest absolute Gasteiger partial charge is 0.489 e. The molecule has 2 atom stereocenters. The van der Waals surface area contributed by atoms with Crippen molar-refractivity contribution in [2.75, 3.05) is 25.6 Å². The van der Waals surface area contributed by atoms with Gasteiger partial charge in [0, 0.05) is 11.7 Å². The van der Waals surface area contributed by atoms with Crippen molar-refractivity contribution in [1.82, 2.24) is 5.32 Å². The molecular formula is C19H22N2O3. The highest BCUT2D eigenvalue weighted by Crippen LogP contribution is 2.20. The van der Waals surface area contributed by atoms with Crippen LogP contribution in [0, 0.1) is 5.92 Å². The molecule has 24 heavy (non-hydrogen) atoms. The minimum absolute atomic E-state index is 0.0233. The molecule has 5 heteroatoms. The number of anilines is 1. The second-order valence-corrected chi connectivity index (χ2v) is 5.83. The summed E-state index contributed by atoms with van der Waals surface area (Å²) in [5.74, 6) is 0.586. The average molecular weight is 326 g/mol. The molecule has 0 radical (unpaired) electrons. The first-order valence-electron chi connectivity index (χ1n) is 8.09. The lowest BCUT2D eigenvalue weighted by atomic mass is 10.0. The molecule has 1 aliphatic rings. The van der Waals surface area contributed by atoms with E-state index in [1.165, 1.54) is 0 Å². The van der Waals surface area contributed by atoms with Crippen LogP contribution in [-0.4, -0.2) is 32.2 Å². The zero-order valence-corrected chi connectivity index (χ0v) is 13.7. The number of hydrogen-bond donors (Lipinski definition) is 2. The first kappa shape index (κ1) is 16.5. The number of nitrogens with one attached hydrogen (secondary N) is 2. The molecular weight excluding hydrogens is 304 g/mol. The summed E-state index contributed by atoms with van der Waals surface area (Å²) in [6.45, 7) is 1.55. The molecule has 126 valence electrons. The minimum Gasteiger partial charge on any atom is -0.489 e. The Labute approximate surface area is 142 Å². The maximum absolute atomic E-state index is 12.3. The predicted octanol–water partition coefficient (Wildman–Crippen LogP) is 2.44. The maximum atomic E-state index is 12.3. The highest BCUT2D eigenvalue weighted by Gasteiger charge is 2.32. The van der Waals surface area contributed by atoms with Crippen molar-refractivity contribution in [1.29, 1.82) is 0 Å². The molecule has 1 fully saturated rings. The van der Waals surface area contributed by atoms with Crippen LogP contribution in [0.2, 0.25) is 0 Å². The maximum Gasteiger partial charge on any atom is 0.231 e. The zero-order chi connectivity index (χ0) is 16.8. The van der Waals surface area contributed by atoms with Crippen LogP contribution in [0.3, 0.4) is 0 Å². The Morgan fingerprint density at radius 2 is 1.88 bits per heavy atom. The summed E-state index contributed by atoms with van der Waals surface area (Å²) in [6.07, 6.45) is 0. The quantitative estimate of drug-likeness (QED) is 0.856. The van der Waals surface area contributed by atoms with Gasteiger partial charge >= 0.3 is 0 Å². The fraction of sp³-hybridized carbons (Fsp3) is 0.316. The molecule has 1 aliphatic heterocycles. The topological polar surface area (TPSA) is 59.6 Å². The van der Waals surface area contributed by atoms with Crippen molar-refractivity contribution < 1.29 is 14.3 Å². The molecule has 5 nitrogen and oxygen atoms in total. The van der Waals surface area contributed by atoms with Crippen molar-refractivity contribution in [3.05, 3.63) is 60.2 Å². The number of likely N-dealkylation sites (N-methyl/N-ethyl adjacent to an activating group) is 1. The van der Waals surface area contributed by atoms with Gasteiger partial charge in [-0.25, -0.2) is 0 Å². The van der Waals surface area contributed by atoms with E-state index < -0.39 is 0 Å². The Hall–Kier alpha value is -2.37. The number of benzene rings is 2. The number of rotatable bonds is 6. The van der Waals surface area contributed by atoms with Crippen LogP contribution < -0.4 is 15.4 Å². The van der Waals surface area contributed by atoms with Crippen molar-refractivity contribution >= 4 is 11.6 Å². The van der Waals surface area contributed by atoms with E-state index in [9.17, 15) is 4.79 Å². The van der Waals surface area contributed by atoms with Crippen molar-refractivity contribution in [2.45, 2.75) is 12.6 Å². The van der Waals surface area contributed by atoms with Gasteiger partial charge in [-0.05, 0) is 36.9 Å². The van der Waals surface area contributed by atoms with Crippen LogP contribution in [-0.2, 0) is 16.1 Å².